The van der Waals surface area contributed by atoms with E-state index < -0.39 is 5.97 Å². The number of anilines is 2. The van der Waals surface area contributed by atoms with E-state index in [0.717, 1.165) is 28.3 Å². The fraction of sp³-hybridized carbons (Fsp3) is 0.350. The molecule has 0 aliphatic carbocycles. The molecular weight excluding hydrogens is 352 g/mol. The van der Waals surface area contributed by atoms with Gasteiger partial charge in [-0.2, -0.15) is 0 Å². The molecule has 0 bridgehead atoms. The molecule has 0 spiro atoms. The molecular formula is C20H21ClN2O3. The maximum atomic E-state index is 11.0. The van der Waals surface area contributed by atoms with Gasteiger partial charge >= 0.3 is 5.97 Å². The summed E-state index contributed by atoms with van der Waals surface area (Å²) < 4.78 is 6.09. The van der Waals surface area contributed by atoms with Gasteiger partial charge in [0, 0.05) is 35.4 Å². The van der Waals surface area contributed by atoms with E-state index in [1.807, 2.05) is 44.2 Å². The van der Waals surface area contributed by atoms with E-state index in [9.17, 15) is 4.79 Å². The molecule has 2 aromatic rings. The second kappa shape index (κ2) is 6.09. The smallest absolute Gasteiger partial charge is 0.310 e. The van der Waals surface area contributed by atoms with Gasteiger partial charge in [-0.25, -0.2) is 0 Å². The first-order chi connectivity index (χ1) is 12.3. The van der Waals surface area contributed by atoms with Gasteiger partial charge in [0.05, 0.1) is 18.2 Å². The van der Waals surface area contributed by atoms with Crippen LogP contribution in [0.4, 0.5) is 11.4 Å². The van der Waals surface area contributed by atoms with Crippen LogP contribution in [0, 0.1) is 5.92 Å². The van der Waals surface area contributed by atoms with Crippen LogP contribution in [0.25, 0.3) is 11.1 Å². The predicted octanol–water partition coefficient (Wildman–Crippen LogP) is 4.11. The van der Waals surface area contributed by atoms with E-state index in [1.165, 1.54) is 0 Å². The number of carboxylic acids is 1. The van der Waals surface area contributed by atoms with Gasteiger partial charge < -0.3 is 20.1 Å². The Kier molecular flexibility index (Phi) is 3.99. The number of nitrogens with one attached hydrogen (secondary N) is 1. The van der Waals surface area contributed by atoms with Crippen molar-refractivity contribution >= 4 is 28.9 Å². The molecule has 6 heteroatoms. The monoisotopic (exact) mass is 372 g/mol. The van der Waals surface area contributed by atoms with Gasteiger partial charge in [-0.3, -0.25) is 4.79 Å². The van der Waals surface area contributed by atoms with Crippen molar-refractivity contribution in [2.45, 2.75) is 19.4 Å². The van der Waals surface area contributed by atoms with Crippen molar-refractivity contribution in [3.63, 3.8) is 0 Å². The number of nitrogens with zero attached hydrogens (tertiary/aromatic N) is 1. The molecule has 1 fully saturated rings. The number of carbonyl (C=O) groups is 1. The molecule has 2 aliphatic rings. The highest BCUT2D eigenvalue weighted by atomic mass is 35.5. The summed E-state index contributed by atoms with van der Waals surface area (Å²) >= 11 is 6.34. The Labute approximate surface area is 157 Å². The molecule has 4 rings (SSSR count). The summed E-state index contributed by atoms with van der Waals surface area (Å²) in [6.45, 7) is 5.87. The van der Waals surface area contributed by atoms with Gasteiger partial charge in [0.2, 0.25) is 0 Å². The number of halogens is 1. The third-order valence-corrected chi connectivity index (χ3v) is 5.12. The molecule has 2 aliphatic heterocycles. The second-order valence-electron chi connectivity index (χ2n) is 7.53. The lowest BCUT2D eigenvalue weighted by Gasteiger charge is -2.39. The van der Waals surface area contributed by atoms with E-state index in [1.54, 1.807) is 0 Å². The fourth-order valence-electron chi connectivity index (χ4n) is 3.42. The Morgan fingerprint density at radius 3 is 2.81 bits per heavy atom. The maximum Gasteiger partial charge on any atom is 0.310 e. The van der Waals surface area contributed by atoms with Gasteiger partial charge in [0.15, 0.2) is 0 Å². The lowest BCUT2D eigenvalue weighted by Crippen LogP contribution is -2.50. The number of rotatable bonds is 3. The Morgan fingerprint density at radius 1 is 1.31 bits per heavy atom. The Hall–Kier alpha value is -2.40. The van der Waals surface area contributed by atoms with Gasteiger partial charge in [-0.15, -0.1) is 0 Å². The minimum Gasteiger partial charge on any atom is -0.484 e. The Balaban J connectivity index is 1.68. The fourth-order valence-corrected chi connectivity index (χ4v) is 3.63. The van der Waals surface area contributed by atoms with Crippen LogP contribution in [0.1, 0.15) is 13.8 Å². The normalized spacial score (nSPS) is 18.3. The maximum absolute atomic E-state index is 11.0. The van der Waals surface area contributed by atoms with Gasteiger partial charge in [-0.1, -0.05) is 23.7 Å². The number of carboxylic acid groups (broad SMARTS) is 1. The van der Waals surface area contributed by atoms with Crippen LogP contribution >= 0.6 is 11.6 Å². The van der Waals surface area contributed by atoms with Crippen molar-refractivity contribution in [3.8, 4) is 16.9 Å². The predicted molar refractivity (Wildman–Crippen MR) is 103 cm³/mol. The lowest BCUT2D eigenvalue weighted by atomic mass is 9.96. The first-order valence-electron chi connectivity index (χ1n) is 8.67. The average Bonchev–Trinajstić information content (AvgIpc) is 2.51. The summed E-state index contributed by atoms with van der Waals surface area (Å²) in [5.41, 5.74) is 3.68. The third kappa shape index (κ3) is 3.07. The molecule has 5 nitrogen and oxygen atoms in total. The van der Waals surface area contributed by atoms with Crippen LogP contribution in [0.2, 0.25) is 5.02 Å². The summed E-state index contributed by atoms with van der Waals surface area (Å²) in [5, 5.41) is 13.2. The topological polar surface area (TPSA) is 61.8 Å². The zero-order chi connectivity index (χ0) is 18.5. The Morgan fingerprint density at radius 2 is 2.08 bits per heavy atom. The number of benzene rings is 2. The SMILES string of the molecule is CC1(C)CNc2c(cc(Cl)cc2-c2cccc(N3CC(C(=O)O)C3)c2)O1. The highest BCUT2D eigenvalue weighted by molar-refractivity contribution is 6.31. The first kappa shape index (κ1) is 17.0. The third-order valence-electron chi connectivity index (χ3n) is 4.90. The van der Waals surface area contributed by atoms with Crippen LogP contribution < -0.4 is 15.0 Å². The van der Waals surface area contributed by atoms with Crippen molar-refractivity contribution in [2.75, 3.05) is 29.9 Å². The number of hydrogen-bond acceptors (Lipinski definition) is 4. The molecule has 1 saturated heterocycles. The highest BCUT2D eigenvalue weighted by Crippen LogP contribution is 2.43. The van der Waals surface area contributed by atoms with Crippen molar-refractivity contribution in [2.24, 2.45) is 5.92 Å². The van der Waals surface area contributed by atoms with E-state index in [4.69, 9.17) is 21.4 Å². The number of hydrogen-bond donors (Lipinski definition) is 2. The second-order valence-corrected chi connectivity index (χ2v) is 7.97. The highest BCUT2D eigenvalue weighted by Gasteiger charge is 2.33. The summed E-state index contributed by atoms with van der Waals surface area (Å²) in [7, 11) is 0. The number of ether oxygens (including phenoxy) is 1. The van der Waals surface area contributed by atoms with Crippen LogP contribution in [0.15, 0.2) is 36.4 Å². The molecule has 0 amide bonds. The van der Waals surface area contributed by atoms with Crippen molar-refractivity contribution in [3.05, 3.63) is 41.4 Å². The van der Waals surface area contributed by atoms with Gasteiger partial charge in [-0.05, 0) is 37.6 Å². The largest absolute Gasteiger partial charge is 0.484 e. The van der Waals surface area contributed by atoms with E-state index in [0.29, 0.717) is 24.7 Å². The van der Waals surface area contributed by atoms with Crippen LogP contribution in [-0.4, -0.2) is 36.3 Å². The molecule has 136 valence electrons. The summed E-state index contributed by atoms with van der Waals surface area (Å²) in [6, 6.07) is 11.9. The van der Waals surface area contributed by atoms with Crippen LogP contribution in [0.3, 0.4) is 0 Å². The summed E-state index contributed by atoms with van der Waals surface area (Å²) in [4.78, 5) is 13.1. The zero-order valence-electron chi connectivity index (χ0n) is 14.8. The van der Waals surface area contributed by atoms with Gasteiger partial charge in [0.25, 0.3) is 0 Å². The molecule has 26 heavy (non-hydrogen) atoms. The van der Waals surface area contributed by atoms with Crippen molar-refractivity contribution in [1.29, 1.82) is 0 Å². The standard InChI is InChI=1S/C20H21ClN2O3/c1-20(2)11-22-18-16(7-14(21)8-17(18)26-20)12-4-3-5-15(6-12)23-9-13(10-23)19(24)25/h3-8,13,22H,9-11H2,1-2H3,(H,24,25). The van der Waals surface area contributed by atoms with Crippen molar-refractivity contribution < 1.29 is 14.6 Å². The average molecular weight is 373 g/mol. The van der Waals surface area contributed by atoms with Gasteiger partial charge in [0.1, 0.15) is 11.4 Å². The number of aliphatic carboxylic acids is 1. The van der Waals surface area contributed by atoms with E-state index in [2.05, 4.69) is 16.3 Å². The lowest BCUT2D eigenvalue weighted by molar-refractivity contribution is -0.142. The minimum atomic E-state index is -0.731. The summed E-state index contributed by atoms with van der Waals surface area (Å²) in [6.07, 6.45) is 0. The number of fused-ring (bicyclic) bond motifs is 1. The van der Waals surface area contributed by atoms with Crippen molar-refractivity contribution in [1.82, 2.24) is 0 Å². The molecule has 0 aromatic heterocycles. The minimum absolute atomic E-state index is 0.283. The molecule has 2 heterocycles. The van der Waals surface area contributed by atoms with Crippen LogP contribution in [-0.2, 0) is 4.79 Å². The molecule has 2 aromatic carbocycles. The summed E-state index contributed by atoms with van der Waals surface area (Å²) in [5.74, 6) is -0.260. The first-order valence-corrected chi connectivity index (χ1v) is 9.05. The molecule has 0 radical (unpaired) electrons. The molecule has 2 N–H and O–H groups in total. The van der Waals surface area contributed by atoms with Crippen LogP contribution in [0.5, 0.6) is 5.75 Å². The Bertz CT molecular complexity index is 875. The molecule has 0 atom stereocenters. The quantitative estimate of drug-likeness (QED) is 0.849. The van der Waals surface area contributed by atoms with E-state index in [-0.39, 0.29) is 11.5 Å². The van der Waals surface area contributed by atoms with E-state index >= 15 is 0 Å². The molecule has 0 saturated carbocycles. The zero-order valence-corrected chi connectivity index (χ0v) is 15.5. The molecule has 0 unspecified atom stereocenters.